The van der Waals surface area contributed by atoms with Crippen LogP contribution in [0.3, 0.4) is 0 Å². The molecule has 2 aliphatic heterocycles. The Morgan fingerprint density at radius 3 is 2.90 bits per heavy atom. The normalized spacial score (nSPS) is 22.3. The van der Waals surface area contributed by atoms with Crippen molar-refractivity contribution in [1.82, 2.24) is 15.5 Å². The lowest BCUT2D eigenvalue weighted by molar-refractivity contribution is 0.0888. The summed E-state index contributed by atoms with van der Waals surface area (Å²) in [6, 6.07) is 4.80. The summed E-state index contributed by atoms with van der Waals surface area (Å²) < 4.78 is 11.2. The van der Waals surface area contributed by atoms with E-state index in [0.717, 1.165) is 70.8 Å². The summed E-state index contributed by atoms with van der Waals surface area (Å²) in [7, 11) is 0. The van der Waals surface area contributed by atoms with Gasteiger partial charge in [0, 0.05) is 37.1 Å². The van der Waals surface area contributed by atoms with Crippen LogP contribution in [0.25, 0.3) is 0 Å². The maximum Gasteiger partial charge on any atom is 0.191 e. The number of ether oxygens (including phenoxy) is 2. The van der Waals surface area contributed by atoms with E-state index >= 15 is 0 Å². The first-order chi connectivity index (χ1) is 14.8. The van der Waals surface area contributed by atoms with E-state index in [4.69, 9.17) is 14.5 Å². The van der Waals surface area contributed by atoms with Gasteiger partial charge in [-0.2, -0.15) is 0 Å². The summed E-state index contributed by atoms with van der Waals surface area (Å²) in [4.78, 5) is 9.00. The number of likely N-dealkylation sites (tertiary alicyclic amines) is 1. The van der Waals surface area contributed by atoms with Crippen molar-refractivity contribution < 1.29 is 9.47 Å². The number of guanidine groups is 1. The first-order valence-corrected chi connectivity index (χ1v) is 12.6. The minimum absolute atomic E-state index is 0.380. The minimum atomic E-state index is 0.380. The summed E-state index contributed by atoms with van der Waals surface area (Å²) in [6.45, 7) is 12.7. The molecular weight excluding hydrogens is 396 g/mol. The molecule has 1 aromatic heterocycles. The highest BCUT2D eigenvalue weighted by Crippen LogP contribution is 2.29. The number of thiophene rings is 1. The Kier molecular flexibility index (Phi) is 10.4. The molecular formula is C23H40N4O2S. The molecule has 0 saturated carbocycles. The number of aliphatic imine (C=N–C) groups is 1. The van der Waals surface area contributed by atoms with Crippen molar-refractivity contribution in [3.63, 3.8) is 0 Å². The second-order valence-electron chi connectivity index (χ2n) is 8.55. The van der Waals surface area contributed by atoms with Gasteiger partial charge in [-0.15, -0.1) is 11.3 Å². The number of nitrogens with one attached hydrogen (secondary N) is 2. The van der Waals surface area contributed by atoms with Gasteiger partial charge in [-0.1, -0.05) is 13.0 Å². The molecule has 2 atom stereocenters. The minimum Gasteiger partial charge on any atom is -0.381 e. The highest BCUT2D eigenvalue weighted by atomic mass is 32.1. The molecule has 0 aromatic carbocycles. The molecule has 2 N–H and O–H groups in total. The van der Waals surface area contributed by atoms with Crippen molar-refractivity contribution >= 4 is 17.3 Å². The molecule has 2 aliphatic rings. The summed E-state index contributed by atoms with van der Waals surface area (Å²) in [5.41, 5.74) is 0. The Morgan fingerprint density at radius 2 is 2.20 bits per heavy atom. The van der Waals surface area contributed by atoms with Crippen LogP contribution in [0, 0.1) is 11.8 Å². The number of hydrogen-bond acceptors (Lipinski definition) is 5. The van der Waals surface area contributed by atoms with Gasteiger partial charge < -0.3 is 20.1 Å². The lowest BCUT2D eigenvalue weighted by Gasteiger charge is -2.35. The molecule has 1 aromatic rings. The van der Waals surface area contributed by atoms with Gasteiger partial charge in [-0.25, -0.2) is 0 Å². The van der Waals surface area contributed by atoms with E-state index in [-0.39, 0.29) is 0 Å². The SMILES string of the molecule is CCNC(=NCC(c1cccs1)N1CCC(C)CC1)NCCCOCC1CCOC1. The average molecular weight is 437 g/mol. The maximum atomic E-state index is 5.81. The van der Waals surface area contributed by atoms with Crippen molar-refractivity contribution in [3.05, 3.63) is 22.4 Å². The predicted octanol–water partition coefficient (Wildman–Crippen LogP) is 3.52. The van der Waals surface area contributed by atoms with E-state index < -0.39 is 0 Å². The Bertz CT molecular complexity index is 596. The van der Waals surface area contributed by atoms with Crippen LogP contribution in [0.4, 0.5) is 0 Å². The lowest BCUT2D eigenvalue weighted by Crippen LogP contribution is -2.40. The van der Waals surface area contributed by atoms with E-state index in [1.54, 1.807) is 0 Å². The van der Waals surface area contributed by atoms with Crippen LogP contribution in [0.5, 0.6) is 0 Å². The van der Waals surface area contributed by atoms with Crippen LogP contribution < -0.4 is 10.6 Å². The second kappa shape index (κ2) is 13.3. The summed E-state index contributed by atoms with van der Waals surface area (Å²) in [5.74, 6) is 2.34. The van der Waals surface area contributed by atoms with Gasteiger partial charge >= 0.3 is 0 Å². The molecule has 0 aliphatic carbocycles. The molecule has 2 fully saturated rings. The third-order valence-corrected chi connectivity index (χ3v) is 7.01. The summed E-state index contributed by atoms with van der Waals surface area (Å²) in [5, 5.41) is 9.05. The number of hydrogen-bond donors (Lipinski definition) is 2. The summed E-state index contributed by atoms with van der Waals surface area (Å²) in [6.07, 6.45) is 4.70. The monoisotopic (exact) mass is 436 g/mol. The molecule has 2 unspecified atom stereocenters. The smallest absolute Gasteiger partial charge is 0.191 e. The molecule has 0 spiro atoms. The second-order valence-corrected chi connectivity index (χ2v) is 9.53. The Balaban J connectivity index is 1.44. The van der Waals surface area contributed by atoms with E-state index in [1.807, 2.05) is 11.3 Å². The molecule has 3 heterocycles. The van der Waals surface area contributed by atoms with Gasteiger partial charge in [0.1, 0.15) is 0 Å². The van der Waals surface area contributed by atoms with Gasteiger partial charge in [0.2, 0.25) is 0 Å². The van der Waals surface area contributed by atoms with Gasteiger partial charge in [-0.05, 0) is 63.1 Å². The maximum absolute atomic E-state index is 5.81. The van der Waals surface area contributed by atoms with Gasteiger partial charge in [0.15, 0.2) is 5.96 Å². The zero-order chi connectivity index (χ0) is 21.0. The number of rotatable bonds is 11. The Labute approximate surface area is 186 Å². The van der Waals surface area contributed by atoms with Crippen LogP contribution in [0.15, 0.2) is 22.5 Å². The molecule has 2 saturated heterocycles. The quantitative estimate of drug-likeness (QED) is 0.316. The van der Waals surface area contributed by atoms with E-state index in [2.05, 4.69) is 46.9 Å². The van der Waals surface area contributed by atoms with E-state index in [9.17, 15) is 0 Å². The van der Waals surface area contributed by atoms with Crippen molar-refractivity contribution in [2.75, 3.05) is 59.2 Å². The van der Waals surface area contributed by atoms with Gasteiger partial charge in [0.25, 0.3) is 0 Å². The lowest BCUT2D eigenvalue weighted by atomic mass is 9.97. The first kappa shape index (κ1) is 23.5. The average Bonchev–Trinajstić information content (AvgIpc) is 3.46. The topological polar surface area (TPSA) is 58.1 Å². The molecule has 6 nitrogen and oxygen atoms in total. The van der Waals surface area contributed by atoms with Crippen LogP contribution >= 0.6 is 11.3 Å². The van der Waals surface area contributed by atoms with Crippen molar-refractivity contribution in [1.29, 1.82) is 0 Å². The molecule has 0 amide bonds. The van der Waals surface area contributed by atoms with Crippen molar-refractivity contribution in [2.24, 2.45) is 16.8 Å². The molecule has 0 bridgehead atoms. The van der Waals surface area contributed by atoms with E-state index in [1.165, 1.54) is 30.8 Å². The fourth-order valence-electron chi connectivity index (χ4n) is 4.07. The fraction of sp³-hybridized carbons (Fsp3) is 0.783. The number of piperidine rings is 1. The molecule has 0 radical (unpaired) electrons. The fourth-order valence-corrected chi connectivity index (χ4v) is 4.92. The van der Waals surface area contributed by atoms with Crippen molar-refractivity contribution in [3.8, 4) is 0 Å². The third-order valence-electron chi connectivity index (χ3n) is 6.03. The van der Waals surface area contributed by atoms with Crippen LogP contribution in [0.2, 0.25) is 0 Å². The molecule has 30 heavy (non-hydrogen) atoms. The Morgan fingerprint density at radius 1 is 1.33 bits per heavy atom. The van der Waals surface area contributed by atoms with Crippen LogP contribution in [0.1, 0.15) is 50.4 Å². The van der Waals surface area contributed by atoms with Crippen LogP contribution in [-0.2, 0) is 9.47 Å². The molecule has 170 valence electrons. The molecule has 7 heteroatoms. The van der Waals surface area contributed by atoms with Crippen molar-refractivity contribution in [2.45, 2.75) is 45.6 Å². The third kappa shape index (κ3) is 7.84. The van der Waals surface area contributed by atoms with Gasteiger partial charge in [-0.3, -0.25) is 9.89 Å². The van der Waals surface area contributed by atoms with Gasteiger partial charge in [0.05, 0.1) is 25.8 Å². The summed E-state index contributed by atoms with van der Waals surface area (Å²) >= 11 is 1.85. The molecule has 3 rings (SSSR count). The standard InChI is InChI=1S/C23H40N4O2S/c1-3-24-23(25-10-5-13-28-17-20-9-14-29-18-20)26-16-21(22-6-4-15-30-22)27-11-7-19(2)8-12-27/h4,6,15,19-21H,3,5,7-14,16-18H2,1-2H3,(H2,24,25,26). The highest BCUT2D eigenvalue weighted by molar-refractivity contribution is 7.10. The zero-order valence-electron chi connectivity index (χ0n) is 18.8. The predicted molar refractivity (Wildman–Crippen MR) is 125 cm³/mol. The number of nitrogens with zero attached hydrogens (tertiary/aromatic N) is 2. The Hall–Kier alpha value is -1.15. The first-order valence-electron chi connectivity index (χ1n) is 11.7. The van der Waals surface area contributed by atoms with Crippen LogP contribution in [-0.4, -0.2) is 70.0 Å². The highest BCUT2D eigenvalue weighted by Gasteiger charge is 2.25. The zero-order valence-corrected chi connectivity index (χ0v) is 19.6. The largest absolute Gasteiger partial charge is 0.381 e. The van der Waals surface area contributed by atoms with E-state index in [0.29, 0.717) is 12.0 Å².